The van der Waals surface area contributed by atoms with E-state index in [-0.39, 0.29) is 0 Å². The molecule has 7 aromatic carbocycles. The van der Waals surface area contributed by atoms with Gasteiger partial charge in [0.15, 0.2) is 0 Å². The molecule has 0 amide bonds. The summed E-state index contributed by atoms with van der Waals surface area (Å²) in [6, 6.07) is 52.2. The Morgan fingerprint density at radius 1 is 0.372 bits per heavy atom. The van der Waals surface area contributed by atoms with Crippen molar-refractivity contribution in [2.24, 2.45) is 0 Å². The first-order valence-electron chi connectivity index (χ1n) is 14.7. The Morgan fingerprint density at radius 2 is 0.977 bits per heavy atom. The molecule has 3 heterocycles. The molecule has 3 heteroatoms. The van der Waals surface area contributed by atoms with Crippen LogP contribution >= 0.6 is 0 Å². The Hall–Kier alpha value is -5.80. The van der Waals surface area contributed by atoms with E-state index in [1.807, 2.05) is 0 Å². The van der Waals surface area contributed by atoms with E-state index < -0.39 is 0 Å². The van der Waals surface area contributed by atoms with Gasteiger partial charge in [-0.05, 0) is 71.4 Å². The first-order chi connectivity index (χ1) is 21.3. The Morgan fingerprint density at radius 3 is 1.72 bits per heavy atom. The summed E-state index contributed by atoms with van der Waals surface area (Å²) in [5.74, 6) is 0. The van der Waals surface area contributed by atoms with Crippen molar-refractivity contribution < 1.29 is 4.42 Å². The van der Waals surface area contributed by atoms with Crippen LogP contribution in [0.15, 0.2) is 150 Å². The SMILES string of the molecule is c1ccc(-n2c3ccccc3c3c4c5ccccc5n(-c5cccc6oc7cc8ccccc8cc7c56)c4ccc32)cc1. The zero-order chi connectivity index (χ0) is 28.1. The van der Waals surface area contributed by atoms with Crippen LogP contribution in [0.4, 0.5) is 0 Å². The van der Waals surface area contributed by atoms with Gasteiger partial charge in [-0.15, -0.1) is 0 Å². The fourth-order valence-corrected chi connectivity index (χ4v) is 7.31. The molecule has 0 atom stereocenters. The number of hydrogen-bond acceptors (Lipinski definition) is 1. The maximum atomic E-state index is 6.49. The van der Waals surface area contributed by atoms with Crippen LogP contribution in [-0.2, 0) is 0 Å². The van der Waals surface area contributed by atoms with Crippen molar-refractivity contribution in [1.29, 1.82) is 0 Å². The summed E-state index contributed by atoms with van der Waals surface area (Å²) in [4.78, 5) is 0. The van der Waals surface area contributed by atoms with E-state index in [2.05, 4.69) is 155 Å². The second-order valence-electron chi connectivity index (χ2n) is 11.3. The van der Waals surface area contributed by atoms with Crippen LogP contribution < -0.4 is 0 Å². The summed E-state index contributed by atoms with van der Waals surface area (Å²) >= 11 is 0. The second-order valence-corrected chi connectivity index (χ2v) is 11.3. The molecule has 0 saturated heterocycles. The van der Waals surface area contributed by atoms with Crippen molar-refractivity contribution >= 4 is 76.3 Å². The quantitative estimate of drug-likeness (QED) is 0.211. The lowest BCUT2D eigenvalue weighted by Crippen LogP contribution is -1.95. The molecule has 3 nitrogen and oxygen atoms in total. The minimum Gasteiger partial charge on any atom is -0.456 e. The van der Waals surface area contributed by atoms with Crippen molar-refractivity contribution in [2.75, 3.05) is 0 Å². The molecular formula is C40H24N2O. The van der Waals surface area contributed by atoms with Crippen LogP contribution in [0.1, 0.15) is 0 Å². The molecule has 0 saturated carbocycles. The summed E-state index contributed by atoms with van der Waals surface area (Å²) in [6.07, 6.45) is 0. The predicted molar refractivity (Wildman–Crippen MR) is 180 cm³/mol. The molecule has 200 valence electrons. The number of nitrogens with zero attached hydrogens (tertiary/aromatic N) is 2. The topological polar surface area (TPSA) is 23.0 Å². The number of para-hydroxylation sites is 3. The van der Waals surface area contributed by atoms with Gasteiger partial charge in [0, 0.05) is 32.6 Å². The zero-order valence-corrected chi connectivity index (χ0v) is 23.2. The van der Waals surface area contributed by atoms with Gasteiger partial charge in [-0.1, -0.05) is 84.9 Å². The molecule has 0 aliphatic carbocycles. The van der Waals surface area contributed by atoms with Gasteiger partial charge in [-0.25, -0.2) is 0 Å². The minimum atomic E-state index is 0.899. The molecule has 0 aliphatic rings. The van der Waals surface area contributed by atoms with E-state index in [0.717, 1.165) is 27.6 Å². The smallest absolute Gasteiger partial charge is 0.137 e. The first kappa shape index (κ1) is 22.8. The highest BCUT2D eigenvalue weighted by molar-refractivity contribution is 6.29. The van der Waals surface area contributed by atoms with Gasteiger partial charge < -0.3 is 13.6 Å². The van der Waals surface area contributed by atoms with Gasteiger partial charge in [-0.2, -0.15) is 0 Å². The molecule has 0 N–H and O–H groups in total. The van der Waals surface area contributed by atoms with E-state index in [1.54, 1.807) is 0 Å². The lowest BCUT2D eigenvalue weighted by molar-refractivity contribution is 0.669. The average molecular weight is 549 g/mol. The highest BCUT2D eigenvalue weighted by Gasteiger charge is 2.22. The first-order valence-corrected chi connectivity index (χ1v) is 14.7. The third kappa shape index (κ3) is 3.03. The number of hydrogen-bond donors (Lipinski definition) is 0. The molecular weight excluding hydrogens is 524 g/mol. The molecule has 0 spiro atoms. The van der Waals surface area contributed by atoms with Crippen LogP contribution in [-0.4, -0.2) is 9.13 Å². The van der Waals surface area contributed by atoms with E-state index in [4.69, 9.17) is 4.42 Å². The number of fused-ring (bicyclic) bond motifs is 11. The second kappa shape index (κ2) is 8.37. The molecule has 0 fully saturated rings. The monoisotopic (exact) mass is 548 g/mol. The van der Waals surface area contributed by atoms with Crippen LogP contribution in [0.2, 0.25) is 0 Å². The zero-order valence-electron chi connectivity index (χ0n) is 23.2. The van der Waals surface area contributed by atoms with E-state index in [1.165, 1.54) is 60.1 Å². The summed E-state index contributed by atoms with van der Waals surface area (Å²) in [5.41, 5.74) is 8.90. The third-order valence-corrected chi connectivity index (χ3v) is 9.07. The third-order valence-electron chi connectivity index (χ3n) is 9.07. The van der Waals surface area contributed by atoms with E-state index in [0.29, 0.717) is 0 Å². The molecule has 10 aromatic rings. The number of rotatable bonds is 2. The number of aromatic nitrogens is 2. The lowest BCUT2D eigenvalue weighted by atomic mass is 10.0. The Kier molecular flexibility index (Phi) is 4.45. The fourth-order valence-electron chi connectivity index (χ4n) is 7.31. The lowest BCUT2D eigenvalue weighted by Gasteiger charge is -2.10. The highest BCUT2D eigenvalue weighted by atomic mass is 16.3. The van der Waals surface area contributed by atoms with Gasteiger partial charge in [0.1, 0.15) is 11.2 Å². The van der Waals surface area contributed by atoms with Gasteiger partial charge in [0.25, 0.3) is 0 Å². The molecule has 43 heavy (non-hydrogen) atoms. The van der Waals surface area contributed by atoms with Crippen molar-refractivity contribution in [3.63, 3.8) is 0 Å². The molecule has 0 radical (unpaired) electrons. The summed E-state index contributed by atoms with van der Waals surface area (Å²) in [5, 5.41) is 9.73. The summed E-state index contributed by atoms with van der Waals surface area (Å²) < 4.78 is 11.3. The molecule has 0 bridgehead atoms. The van der Waals surface area contributed by atoms with Gasteiger partial charge in [-0.3, -0.25) is 0 Å². The largest absolute Gasteiger partial charge is 0.456 e. The van der Waals surface area contributed by atoms with E-state index in [9.17, 15) is 0 Å². The number of furan rings is 1. The minimum absolute atomic E-state index is 0.899. The molecule has 10 rings (SSSR count). The van der Waals surface area contributed by atoms with E-state index >= 15 is 0 Å². The number of benzene rings is 7. The van der Waals surface area contributed by atoms with Crippen LogP contribution in [0.5, 0.6) is 0 Å². The Balaban J connectivity index is 1.39. The van der Waals surface area contributed by atoms with Crippen LogP contribution in [0, 0.1) is 0 Å². The maximum Gasteiger partial charge on any atom is 0.137 e. The van der Waals surface area contributed by atoms with Crippen molar-refractivity contribution in [1.82, 2.24) is 9.13 Å². The Labute approximate surface area is 246 Å². The normalized spacial score (nSPS) is 12.2. The van der Waals surface area contributed by atoms with Crippen LogP contribution in [0.25, 0.3) is 87.7 Å². The van der Waals surface area contributed by atoms with Crippen molar-refractivity contribution in [3.8, 4) is 11.4 Å². The maximum absolute atomic E-state index is 6.49. The van der Waals surface area contributed by atoms with Crippen molar-refractivity contribution in [2.45, 2.75) is 0 Å². The average Bonchev–Trinajstić information content (AvgIpc) is 3.71. The standard InChI is InChI=1S/C40H24N2O/c1-2-13-27(14-3-1)41-31-17-8-6-15-28(31)39-34(41)21-22-35-40(39)29-16-7-9-18-32(29)42(35)33-19-10-20-36-38(33)30-23-25-11-4-5-12-26(25)24-37(30)43-36/h1-24H. The van der Waals surface area contributed by atoms with Crippen molar-refractivity contribution in [3.05, 3.63) is 146 Å². The van der Waals surface area contributed by atoms with Crippen LogP contribution in [0.3, 0.4) is 0 Å². The van der Waals surface area contributed by atoms with Gasteiger partial charge in [0.2, 0.25) is 0 Å². The Bertz CT molecular complexity index is 2720. The molecule has 0 aliphatic heterocycles. The summed E-state index contributed by atoms with van der Waals surface area (Å²) in [7, 11) is 0. The predicted octanol–water partition coefficient (Wildman–Crippen LogP) is 10.9. The van der Waals surface area contributed by atoms with Gasteiger partial charge in [0.05, 0.1) is 33.1 Å². The fraction of sp³-hybridized carbons (Fsp3) is 0. The van der Waals surface area contributed by atoms with Gasteiger partial charge >= 0.3 is 0 Å². The highest BCUT2D eigenvalue weighted by Crippen LogP contribution is 2.44. The summed E-state index contributed by atoms with van der Waals surface area (Å²) in [6.45, 7) is 0. The molecule has 3 aromatic heterocycles. The molecule has 0 unspecified atom stereocenters.